The van der Waals surface area contributed by atoms with Crippen LogP contribution in [0.4, 0.5) is 0 Å². The first-order valence-electron chi connectivity index (χ1n) is 12.7. The van der Waals surface area contributed by atoms with Crippen molar-refractivity contribution < 1.29 is 24.2 Å². The topological polar surface area (TPSA) is 25.8 Å². The molecule has 0 aliphatic heterocycles. The molecule has 0 spiro atoms. The second-order valence-corrected chi connectivity index (χ2v) is 8.41. The van der Waals surface area contributed by atoms with Crippen LogP contribution in [0.1, 0.15) is 34.7 Å². The van der Waals surface area contributed by atoms with E-state index in [1.807, 2.05) is 48.7 Å². The molecule has 1 radical (unpaired) electrons. The van der Waals surface area contributed by atoms with Gasteiger partial charge in [0, 0.05) is 42.0 Å². The van der Waals surface area contributed by atoms with E-state index in [0.717, 1.165) is 22.5 Å². The summed E-state index contributed by atoms with van der Waals surface area (Å²) < 4.78 is 21.7. The molecule has 35 heavy (non-hydrogen) atoms. The van der Waals surface area contributed by atoms with Gasteiger partial charge in [0.15, 0.2) is 0 Å². The van der Waals surface area contributed by atoms with Crippen LogP contribution in [-0.2, 0) is 25.5 Å². The molecule has 2 aromatic heterocycles. The molecular formula is C32H28IrN2-2. The van der Waals surface area contributed by atoms with Crippen LogP contribution in [-0.4, -0.2) is 9.97 Å². The Morgan fingerprint density at radius 2 is 1.34 bits per heavy atom. The molecule has 5 rings (SSSR count). The summed E-state index contributed by atoms with van der Waals surface area (Å²) in [5.41, 5.74) is 6.36. The monoisotopic (exact) mass is 636 g/mol. The van der Waals surface area contributed by atoms with E-state index in [1.165, 1.54) is 17.3 Å². The van der Waals surface area contributed by atoms with Crippen LogP contribution in [0.15, 0.2) is 116 Å². The number of rotatable bonds is 4. The maximum atomic E-state index is 7.23. The van der Waals surface area contributed by atoms with Crippen LogP contribution in [0, 0.1) is 19.0 Å². The predicted molar refractivity (Wildman–Crippen MR) is 140 cm³/mol. The Morgan fingerprint density at radius 1 is 0.686 bits per heavy atom. The van der Waals surface area contributed by atoms with Gasteiger partial charge >= 0.3 is 0 Å². The third kappa shape index (κ3) is 6.82. The summed E-state index contributed by atoms with van der Waals surface area (Å²) in [6.07, 6.45) is 3.28. The maximum absolute atomic E-state index is 7.23. The minimum absolute atomic E-state index is 0. The second kappa shape index (κ2) is 12.4. The Morgan fingerprint density at radius 3 is 1.91 bits per heavy atom. The molecule has 0 atom stereocenters. The van der Waals surface area contributed by atoms with Crippen LogP contribution >= 0.6 is 0 Å². The van der Waals surface area contributed by atoms with Gasteiger partial charge in [0.1, 0.15) is 0 Å². The fraction of sp³-hybridized carbons (Fsp3) is 0.125. The summed E-state index contributed by atoms with van der Waals surface area (Å²) in [6.45, 7) is 2.40. The van der Waals surface area contributed by atoms with Gasteiger partial charge in [0.25, 0.3) is 0 Å². The minimum Gasteiger partial charge on any atom is -0.305 e. The van der Waals surface area contributed by atoms with Gasteiger partial charge in [-0.2, -0.15) is 0 Å². The number of aromatic nitrogens is 2. The van der Waals surface area contributed by atoms with Gasteiger partial charge < -0.3 is 9.97 Å². The molecule has 0 fully saturated rings. The standard InChI is InChI=1S/C20H18N.C12H10N.Ir/c1-20(2,17-11-7-4-8-12-17)18-13-14-21-19(15-18)16-9-5-3-6-10-16;1-10-7-8-12(13-9-10)11-5-3-2-4-6-11;/h3-9,11-15H,1-2H3;2-5,7-9H,1H3;/q2*-1;/i;1D3;. The van der Waals surface area contributed by atoms with Crippen molar-refractivity contribution in [2.24, 2.45) is 0 Å². The summed E-state index contributed by atoms with van der Waals surface area (Å²) in [4.78, 5) is 8.61. The molecule has 5 aromatic rings. The summed E-state index contributed by atoms with van der Waals surface area (Å²) in [7, 11) is 0. The van der Waals surface area contributed by atoms with Crippen molar-refractivity contribution in [3.05, 3.63) is 144 Å². The predicted octanol–water partition coefficient (Wildman–Crippen LogP) is 7.73. The zero-order valence-electron chi connectivity index (χ0n) is 22.7. The number of pyridine rings is 2. The largest absolute Gasteiger partial charge is 0.305 e. The van der Waals surface area contributed by atoms with Crippen LogP contribution < -0.4 is 0 Å². The van der Waals surface area contributed by atoms with Crippen molar-refractivity contribution in [1.29, 1.82) is 0 Å². The first kappa shape index (κ1) is 22.1. The zero-order chi connectivity index (χ0) is 26.3. The van der Waals surface area contributed by atoms with Crippen LogP contribution in [0.25, 0.3) is 22.5 Å². The molecule has 0 aliphatic carbocycles. The Bertz CT molecular complexity index is 1400. The molecular weight excluding hydrogens is 605 g/mol. The second-order valence-electron chi connectivity index (χ2n) is 8.41. The van der Waals surface area contributed by atoms with Gasteiger partial charge in [0.2, 0.25) is 0 Å². The van der Waals surface area contributed by atoms with Crippen LogP contribution in [0.5, 0.6) is 0 Å². The number of aryl methyl sites for hydroxylation is 1. The number of hydrogen-bond acceptors (Lipinski definition) is 2. The van der Waals surface area contributed by atoms with Crippen molar-refractivity contribution >= 4 is 0 Å². The van der Waals surface area contributed by atoms with E-state index >= 15 is 0 Å². The van der Waals surface area contributed by atoms with Gasteiger partial charge in [-0.25, -0.2) is 0 Å². The molecule has 3 heteroatoms. The minimum atomic E-state index is -2.09. The maximum Gasteiger partial charge on any atom is 0.0280 e. The fourth-order valence-corrected chi connectivity index (χ4v) is 3.65. The van der Waals surface area contributed by atoms with E-state index < -0.39 is 6.85 Å². The fourth-order valence-electron chi connectivity index (χ4n) is 3.65. The molecule has 2 nitrogen and oxygen atoms in total. The van der Waals surface area contributed by atoms with Gasteiger partial charge in [-0.1, -0.05) is 62.4 Å². The molecule has 3 aromatic carbocycles. The summed E-state index contributed by atoms with van der Waals surface area (Å²) in [5.74, 6) is 0. The van der Waals surface area contributed by atoms with Crippen LogP contribution in [0.3, 0.4) is 0 Å². The van der Waals surface area contributed by atoms with Gasteiger partial charge in [-0.3, -0.25) is 0 Å². The van der Waals surface area contributed by atoms with Crippen LogP contribution in [0.2, 0.25) is 0 Å². The Balaban J connectivity index is 0.000000213. The first-order valence-corrected chi connectivity index (χ1v) is 11.2. The number of nitrogens with zero attached hydrogens (tertiary/aromatic N) is 2. The van der Waals surface area contributed by atoms with E-state index in [0.29, 0.717) is 0 Å². The third-order valence-electron chi connectivity index (χ3n) is 5.71. The summed E-state index contributed by atoms with van der Waals surface area (Å²) >= 11 is 0. The molecule has 0 bridgehead atoms. The van der Waals surface area contributed by atoms with Gasteiger partial charge in [-0.15, -0.1) is 71.8 Å². The van der Waals surface area contributed by atoms with E-state index in [1.54, 1.807) is 18.2 Å². The van der Waals surface area contributed by atoms with Crippen molar-refractivity contribution in [2.45, 2.75) is 26.1 Å². The Labute approximate surface area is 226 Å². The third-order valence-corrected chi connectivity index (χ3v) is 5.71. The van der Waals surface area contributed by atoms with Crippen molar-refractivity contribution in [2.75, 3.05) is 0 Å². The Kier molecular flexibility index (Phi) is 7.80. The molecule has 0 amide bonds. The van der Waals surface area contributed by atoms with E-state index in [-0.39, 0.29) is 31.1 Å². The molecule has 0 unspecified atom stereocenters. The SMILES string of the molecule is CC(C)(c1ccccc1)c1ccnc(-c2[c-]cccc2)c1.[2H]C([2H])([2H])c1ccc(-c2[c-]cccc2)nc1.[Ir]. The quantitative estimate of drug-likeness (QED) is 0.189. The Hall–Kier alpha value is -3.39. The zero-order valence-corrected chi connectivity index (χ0v) is 22.1. The van der Waals surface area contributed by atoms with E-state index in [4.69, 9.17) is 4.11 Å². The number of hydrogen-bond donors (Lipinski definition) is 0. The van der Waals surface area contributed by atoms with E-state index in [9.17, 15) is 0 Å². The average molecular weight is 636 g/mol. The van der Waals surface area contributed by atoms with Crippen molar-refractivity contribution in [3.8, 4) is 22.5 Å². The molecule has 0 saturated heterocycles. The van der Waals surface area contributed by atoms with Gasteiger partial charge in [-0.05, 0) is 41.0 Å². The number of benzene rings is 3. The summed E-state index contributed by atoms with van der Waals surface area (Å²) in [5, 5.41) is 0. The average Bonchev–Trinajstić information content (AvgIpc) is 2.94. The smallest absolute Gasteiger partial charge is 0.0280 e. The molecule has 177 valence electrons. The molecule has 2 heterocycles. The summed E-state index contributed by atoms with van der Waals surface area (Å²) in [6, 6.07) is 39.8. The normalized spacial score (nSPS) is 12.1. The molecule has 0 N–H and O–H groups in total. The van der Waals surface area contributed by atoms with Crippen molar-refractivity contribution in [3.63, 3.8) is 0 Å². The first-order chi connectivity index (χ1) is 17.7. The molecule has 0 saturated carbocycles. The van der Waals surface area contributed by atoms with Gasteiger partial charge in [0.05, 0.1) is 0 Å². The van der Waals surface area contributed by atoms with E-state index in [2.05, 4.69) is 78.4 Å². The van der Waals surface area contributed by atoms with Crippen molar-refractivity contribution in [1.82, 2.24) is 9.97 Å². The molecule has 0 aliphatic rings.